The summed E-state index contributed by atoms with van der Waals surface area (Å²) in [7, 11) is 0. The molecule has 0 bridgehead atoms. The number of carbonyl (C=O) groups excluding carboxylic acids is 1. The number of esters is 1. The molecule has 1 fully saturated rings. The van der Waals surface area contributed by atoms with Gasteiger partial charge in [0.05, 0.1) is 13.2 Å². The predicted octanol–water partition coefficient (Wildman–Crippen LogP) is 2.42. The molecule has 3 nitrogen and oxygen atoms in total. The minimum Gasteiger partial charge on any atom is -0.463 e. The Balaban J connectivity index is 2.04. The van der Waals surface area contributed by atoms with Gasteiger partial charge in [-0.05, 0) is 12.5 Å². The summed E-state index contributed by atoms with van der Waals surface area (Å²) in [5, 5.41) is 0. The van der Waals surface area contributed by atoms with Gasteiger partial charge in [0, 0.05) is 12.0 Å². The van der Waals surface area contributed by atoms with Gasteiger partial charge in [-0.1, -0.05) is 36.9 Å². The van der Waals surface area contributed by atoms with Gasteiger partial charge in [0.1, 0.15) is 5.60 Å². The third-order valence-electron chi connectivity index (χ3n) is 2.86. The van der Waals surface area contributed by atoms with Crippen LogP contribution >= 0.6 is 0 Å². The molecule has 1 aromatic rings. The Hall–Kier alpha value is -1.61. The third-order valence-corrected chi connectivity index (χ3v) is 2.86. The molecule has 17 heavy (non-hydrogen) atoms. The largest absolute Gasteiger partial charge is 0.463 e. The van der Waals surface area contributed by atoms with E-state index in [1.165, 1.54) is 0 Å². The van der Waals surface area contributed by atoms with Crippen LogP contribution in [0.25, 0.3) is 0 Å². The van der Waals surface area contributed by atoms with Crippen LogP contribution in [-0.4, -0.2) is 19.2 Å². The summed E-state index contributed by atoms with van der Waals surface area (Å²) >= 11 is 0. The summed E-state index contributed by atoms with van der Waals surface area (Å²) in [5.41, 5.74) is 1.20. The lowest BCUT2D eigenvalue weighted by Crippen LogP contribution is -2.15. The highest BCUT2D eigenvalue weighted by Crippen LogP contribution is 2.43. The summed E-state index contributed by atoms with van der Waals surface area (Å²) in [6.07, 6.45) is 0.496. The normalized spacial score (nSPS) is 21.9. The van der Waals surface area contributed by atoms with Gasteiger partial charge in [-0.15, -0.1) is 0 Å². The maximum atomic E-state index is 11.5. The summed E-state index contributed by atoms with van der Waals surface area (Å²) < 4.78 is 10.4. The van der Waals surface area contributed by atoms with Crippen molar-refractivity contribution in [2.45, 2.75) is 18.9 Å². The molecule has 0 radical (unpaired) electrons. The second-order valence-corrected chi connectivity index (χ2v) is 4.15. The molecule has 2 rings (SSSR count). The fourth-order valence-corrected chi connectivity index (χ4v) is 1.85. The standard InChI is InChI=1S/C14H16O3/c1-3-16-13(15)11(2)9-14(10-17-14)12-7-5-4-6-8-12/h4-8H,2-3,9-10H2,1H3. The quantitative estimate of drug-likeness (QED) is 0.444. The zero-order valence-electron chi connectivity index (χ0n) is 9.94. The second-order valence-electron chi connectivity index (χ2n) is 4.15. The molecular formula is C14H16O3. The van der Waals surface area contributed by atoms with E-state index in [-0.39, 0.29) is 11.6 Å². The van der Waals surface area contributed by atoms with Crippen LogP contribution < -0.4 is 0 Å². The summed E-state index contributed by atoms with van der Waals surface area (Å²) in [5.74, 6) is -0.335. The lowest BCUT2D eigenvalue weighted by molar-refractivity contribution is -0.138. The van der Waals surface area contributed by atoms with Crippen LogP contribution in [0.15, 0.2) is 42.5 Å². The first-order chi connectivity index (χ1) is 8.18. The first-order valence-electron chi connectivity index (χ1n) is 5.72. The number of epoxide rings is 1. The topological polar surface area (TPSA) is 38.8 Å². The van der Waals surface area contributed by atoms with E-state index in [0.29, 0.717) is 25.2 Å². The Kier molecular flexibility index (Phi) is 3.29. The number of hydrogen-bond acceptors (Lipinski definition) is 3. The monoisotopic (exact) mass is 232 g/mol. The Labute approximate surface area is 101 Å². The predicted molar refractivity (Wildman–Crippen MR) is 64.5 cm³/mol. The van der Waals surface area contributed by atoms with Crippen molar-refractivity contribution < 1.29 is 14.3 Å². The molecule has 0 spiro atoms. The van der Waals surface area contributed by atoms with Crippen molar-refractivity contribution >= 4 is 5.97 Å². The first kappa shape index (κ1) is 11.9. The van der Waals surface area contributed by atoms with Gasteiger partial charge in [0.25, 0.3) is 0 Å². The SMILES string of the molecule is C=C(CC1(c2ccccc2)CO1)C(=O)OCC. The van der Waals surface area contributed by atoms with Crippen molar-refractivity contribution in [3.63, 3.8) is 0 Å². The van der Waals surface area contributed by atoms with E-state index in [9.17, 15) is 4.79 Å². The highest BCUT2D eigenvalue weighted by atomic mass is 16.6. The Bertz CT molecular complexity index is 418. The van der Waals surface area contributed by atoms with Gasteiger partial charge in [-0.3, -0.25) is 0 Å². The minimum atomic E-state index is -0.356. The smallest absolute Gasteiger partial charge is 0.333 e. The Morgan fingerprint density at radius 1 is 1.47 bits per heavy atom. The van der Waals surface area contributed by atoms with Crippen LogP contribution in [0.2, 0.25) is 0 Å². The molecule has 3 heteroatoms. The molecule has 0 aromatic heterocycles. The molecule has 0 aliphatic carbocycles. The molecule has 0 saturated carbocycles. The van der Waals surface area contributed by atoms with Gasteiger partial charge in [0.15, 0.2) is 0 Å². The maximum absolute atomic E-state index is 11.5. The number of carbonyl (C=O) groups is 1. The molecule has 1 atom stereocenters. The van der Waals surface area contributed by atoms with Gasteiger partial charge in [0.2, 0.25) is 0 Å². The van der Waals surface area contributed by atoms with Crippen LogP contribution in [0.5, 0.6) is 0 Å². The zero-order valence-corrected chi connectivity index (χ0v) is 9.94. The van der Waals surface area contributed by atoms with Gasteiger partial charge in [-0.25, -0.2) is 4.79 Å². The highest BCUT2D eigenvalue weighted by Gasteiger charge is 2.47. The summed E-state index contributed by atoms with van der Waals surface area (Å²) in [4.78, 5) is 11.5. The lowest BCUT2D eigenvalue weighted by Gasteiger charge is -2.13. The van der Waals surface area contributed by atoms with E-state index in [1.54, 1.807) is 6.92 Å². The number of hydrogen-bond donors (Lipinski definition) is 0. The van der Waals surface area contributed by atoms with Crippen LogP contribution in [0.3, 0.4) is 0 Å². The number of rotatable bonds is 5. The van der Waals surface area contributed by atoms with Crippen molar-refractivity contribution in [1.82, 2.24) is 0 Å². The molecule has 1 aromatic carbocycles. The van der Waals surface area contributed by atoms with Crippen molar-refractivity contribution in [3.8, 4) is 0 Å². The highest BCUT2D eigenvalue weighted by molar-refractivity contribution is 5.88. The lowest BCUT2D eigenvalue weighted by atomic mass is 9.93. The van der Waals surface area contributed by atoms with Crippen molar-refractivity contribution in [3.05, 3.63) is 48.0 Å². The summed E-state index contributed by atoms with van der Waals surface area (Å²) in [6.45, 7) is 6.56. The zero-order chi connectivity index (χ0) is 12.3. The Morgan fingerprint density at radius 3 is 2.65 bits per heavy atom. The molecule has 0 amide bonds. The van der Waals surface area contributed by atoms with E-state index < -0.39 is 0 Å². The van der Waals surface area contributed by atoms with Crippen molar-refractivity contribution in [1.29, 1.82) is 0 Å². The van der Waals surface area contributed by atoms with Crippen LogP contribution in [0, 0.1) is 0 Å². The molecule has 1 unspecified atom stereocenters. The number of ether oxygens (including phenoxy) is 2. The number of benzene rings is 1. The molecule has 1 saturated heterocycles. The molecule has 90 valence electrons. The van der Waals surface area contributed by atoms with E-state index in [4.69, 9.17) is 9.47 Å². The fourth-order valence-electron chi connectivity index (χ4n) is 1.85. The van der Waals surface area contributed by atoms with Crippen LogP contribution in [0.4, 0.5) is 0 Å². The van der Waals surface area contributed by atoms with Crippen LogP contribution in [0.1, 0.15) is 18.9 Å². The maximum Gasteiger partial charge on any atom is 0.333 e. The minimum absolute atomic E-state index is 0.335. The fraction of sp³-hybridized carbons (Fsp3) is 0.357. The van der Waals surface area contributed by atoms with Crippen LogP contribution in [-0.2, 0) is 19.9 Å². The van der Waals surface area contributed by atoms with Gasteiger partial charge in [-0.2, -0.15) is 0 Å². The van der Waals surface area contributed by atoms with Gasteiger partial charge < -0.3 is 9.47 Å². The molecule has 1 aliphatic rings. The van der Waals surface area contributed by atoms with Crippen molar-refractivity contribution in [2.75, 3.05) is 13.2 Å². The Morgan fingerprint density at radius 2 is 2.12 bits per heavy atom. The van der Waals surface area contributed by atoms with E-state index in [0.717, 1.165) is 5.56 Å². The first-order valence-corrected chi connectivity index (χ1v) is 5.72. The second kappa shape index (κ2) is 4.72. The average Bonchev–Trinajstić information content (AvgIpc) is 3.11. The van der Waals surface area contributed by atoms with E-state index >= 15 is 0 Å². The molecule has 0 N–H and O–H groups in total. The summed E-state index contributed by atoms with van der Waals surface area (Å²) in [6, 6.07) is 9.90. The van der Waals surface area contributed by atoms with Gasteiger partial charge >= 0.3 is 5.97 Å². The molecule has 1 heterocycles. The molecule has 1 aliphatic heterocycles. The van der Waals surface area contributed by atoms with Crippen molar-refractivity contribution in [2.24, 2.45) is 0 Å². The van der Waals surface area contributed by atoms with E-state index in [2.05, 4.69) is 6.58 Å². The van der Waals surface area contributed by atoms with E-state index in [1.807, 2.05) is 30.3 Å². The average molecular weight is 232 g/mol. The molecular weight excluding hydrogens is 216 g/mol. The third kappa shape index (κ3) is 2.56.